The van der Waals surface area contributed by atoms with Crippen LogP contribution in [0.2, 0.25) is 0 Å². The molecule has 3 nitrogen and oxygen atoms in total. The predicted octanol–water partition coefficient (Wildman–Crippen LogP) is 3.48. The van der Waals surface area contributed by atoms with Crippen molar-refractivity contribution in [3.05, 3.63) is 42.2 Å². The number of hydrogen-bond acceptors (Lipinski definition) is 2. The van der Waals surface area contributed by atoms with Gasteiger partial charge in [-0.05, 0) is 43.5 Å². The lowest BCUT2D eigenvalue weighted by Gasteiger charge is -2.10. The third-order valence-corrected chi connectivity index (χ3v) is 2.41. The van der Waals surface area contributed by atoms with Gasteiger partial charge in [-0.15, -0.1) is 0 Å². The molecule has 0 aliphatic rings. The van der Waals surface area contributed by atoms with Gasteiger partial charge in [-0.25, -0.2) is 9.18 Å². The van der Waals surface area contributed by atoms with Crippen molar-refractivity contribution in [3.63, 3.8) is 0 Å². The maximum Gasteiger partial charge on any atom is 0.412 e. The molecule has 94 valence electrons. The fourth-order valence-electron chi connectivity index (χ4n) is 1.68. The molecule has 0 unspecified atom stereocenters. The van der Waals surface area contributed by atoms with Crippen molar-refractivity contribution in [1.82, 2.24) is 5.32 Å². The number of carbonyl (C=O) groups is 1. The van der Waals surface area contributed by atoms with Crippen LogP contribution in [0.15, 0.2) is 36.4 Å². The van der Waals surface area contributed by atoms with Gasteiger partial charge in [0.2, 0.25) is 0 Å². The van der Waals surface area contributed by atoms with Crippen molar-refractivity contribution < 1.29 is 13.9 Å². The Morgan fingerprint density at radius 1 is 1.28 bits per heavy atom. The SMILES string of the molecule is CC(C)NC(=O)Oc1cccc2cc(F)ccc12. The van der Waals surface area contributed by atoms with E-state index >= 15 is 0 Å². The van der Waals surface area contributed by atoms with E-state index in [9.17, 15) is 9.18 Å². The summed E-state index contributed by atoms with van der Waals surface area (Å²) >= 11 is 0. The fraction of sp³-hybridized carbons (Fsp3) is 0.214. The smallest absolute Gasteiger partial charge is 0.410 e. The number of amides is 1. The van der Waals surface area contributed by atoms with Crippen molar-refractivity contribution in [2.24, 2.45) is 0 Å². The first kappa shape index (κ1) is 12.4. The lowest BCUT2D eigenvalue weighted by atomic mass is 10.1. The summed E-state index contributed by atoms with van der Waals surface area (Å²) in [6, 6.07) is 9.52. The largest absolute Gasteiger partial charge is 0.412 e. The molecule has 0 fully saturated rings. The quantitative estimate of drug-likeness (QED) is 0.882. The molecule has 0 heterocycles. The third kappa shape index (κ3) is 2.77. The Bertz CT molecular complexity index is 581. The molecule has 0 aromatic heterocycles. The molecule has 2 aromatic rings. The summed E-state index contributed by atoms with van der Waals surface area (Å²) < 4.78 is 18.3. The maximum absolute atomic E-state index is 13.1. The highest BCUT2D eigenvalue weighted by molar-refractivity contribution is 5.90. The first-order valence-electron chi connectivity index (χ1n) is 5.73. The monoisotopic (exact) mass is 247 g/mol. The van der Waals surface area contributed by atoms with E-state index in [0.717, 1.165) is 0 Å². The van der Waals surface area contributed by atoms with Gasteiger partial charge in [0.05, 0.1) is 0 Å². The van der Waals surface area contributed by atoms with Gasteiger partial charge in [0, 0.05) is 11.4 Å². The summed E-state index contributed by atoms with van der Waals surface area (Å²) in [5.41, 5.74) is 0. The maximum atomic E-state index is 13.1. The molecule has 0 spiro atoms. The number of nitrogens with one attached hydrogen (secondary N) is 1. The van der Waals surface area contributed by atoms with E-state index in [-0.39, 0.29) is 11.9 Å². The Hall–Kier alpha value is -2.10. The predicted molar refractivity (Wildman–Crippen MR) is 68.2 cm³/mol. The van der Waals surface area contributed by atoms with Crippen LogP contribution in [0.4, 0.5) is 9.18 Å². The lowest BCUT2D eigenvalue weighted by molar-refractivity contribution is 0.198. The zero-order valence-electron chi connectivity index (χ0n) is 10.2. The fourth-order valence-corrected chi connectivity index (χ4v) is 1.68. The van der Waals surface area contributed by atoms with E-state index < -0.39 is 6.09 Å². The Balaban J connectivity index is 2.31. The van der Waals surface area contributed by atoms with E-state index in [1.165, 1.54) is 12.1 Å². The number of benzene rings is 2. The van der Waals surface area contributed by atoms with E-state index in [4.69, 9.17) is 4.74 Å². The number of ether oxygens (including phenoxy) is 1. The minimum absolute atomic E-state index is 0.00456. The molecular weight excluding hydrogens is 233 g/mol. The number of halogens is 1. The van der Waals surface area contributed by atoms with E-state index in [1.807, 2.05) is 13.8 Å². The van der Waals surface area contributed by atoms with Crippen molar-refractivity contribution in [2.45, 2.75) is 19.9 Å². The zero-order chi connectivity index (χ0) is 13.1. The van der Waals surface area contributed by atoms with Crippen LogP contribution in [0.1, 0.15) is 13.8 Å². The van der Waals surface area contributed by atoms with Gasteiger partial charge in [0.1, 0.15) is 11.6 Å². The summed E-state index contributed by atoms with van der Waals surface area (Å²) in [7, 11) is 0. The van der Waals surface area contributed by atoms with Crippen molar-refractivity contribution in [3.8, 4) is 5.75 Å². The van der Waals surface area contributed by atoms with Crippen LogP contribution in [0.25, 0.3) is 10.8 Å². The van der Waals surface area contributed by atoms with Crippen LogP contribution in [0.5, 0.6) is 5.75 Å². The zero-order valence-corrected chi connectivity index (χ0v) is 10.2. The summed E-state index contributed by atoms with van der Waals surface area (Å²) in [6.45, 7) is 3.69. The van der Waals surface area contributed by atoms with Gasteiger partial charge >= 0.3 is 6.09 Å². The van der Waals surface area contributed by atoms with Gasteiger partial charge in [-0.1, -0.05) is 12.1 Å². The third-order valence-electron chi connectivity index (χ3n) is 2.41. The molecule has 0 saturated heterocycles. The van der Waals surface area contributed by atoms with E-state index in [0.29, 0.717) is 16.5 Å². The molecule has 2 rings (SSSR count). The minimum atomic E-state index is -0.512. The normalized spacial score (nSPS) is 10.7. The molecule has 2 aromatic carbocycles. The number of hydrogen-bond donors (Lipinski definition) is 1. The minimum Gasteiger partial charge on any atom is -0.410 e. The van der Waals surface area contributed by atoms with Crippen LogP contribution in [-0.4, -0.2) is 12.1 Å². The molecule has 0 saturated carbocycles. The number of carbonyl (C=O) groups excluding carboxylic acids is 1. The molecule has 0 bridgehead atoms. The number of rotatable bonds is 2. The van der Waals surface area contributed by atoms with Gasteiger partial charge in [-0.3, -0.25) is 0 Å². The van der Waals surface area contributed by atoms with Gasteiger partial charge in [0.25, 0.3) is 0 Å². The van der Waals surface area contributed by atoms with Gasteiger partial charge in [0.15, 0.2) is 0 Å². The Morgan fingerprint density at radius 2 is 2.06 bits per heavy atom. The molecule has 0 aliphatic carbocycles. The molecule has 1 amide bonds. The summed E-state index contributed by atoms with van der Waals surface area (Å²) in [6.07, 6.45) is -0.512. The van der Waals surface area contributed by atoms with Crippen LogP contribution < -0.4 is 10.1 Å². The average molecular weight is 247 g/mol. The highest BCUT2D eigenvalue weighted by Gasteiger charge is 2.09. The Morgan fingerprint density at radius 3 is 2.78 bits per heavy atom. The standard InChI is InChI=1S/C14H14FNO2/c1-9(2)16-14(17)18-13-5-3-4-10-8-11(15)6-7-12(10)13/h3-9H,1-2H3,(H,16,17). The van der Waals surface area contributed by atoms with Gasteiger partial charge < -0.3 is 10.1 Å². The van der Waals surface area contributed by atoms with E-state index in [1.54, 1.807) is 24.3 Å². The van der Waals surface area contributed by atoms with Crippen LogP contribution in [0, 0.1) is 5.82 Å². The first-order chi connectivity index (χ1) is 8.56. The summed E-state index contributed by atoms with van der Waals surface area (Å²) in [4.78, 5) is 11.5. The highest BCUT2D eigenvalue weighted by atomic mass is 19.1. The average Bonchev–Trinajstić information content (AvgIpc) is 2.27. The molecule has 1 N–H and O–H groups in total. The highest BCUT2D eigenvalue weighted by Crippen LogP contribution is 2.26. The first-order valence-corrected chi connectivity index (χ1v) is 5.73. The second kappa shape index (κ2) is 5.04. The molecule has 0 aliphatic heterocycles. The molecule has 18 heavy (non-hydrogen) atoms. The topological polar surface area (TPSA) is 38.3 Å². The second-order valence-corrected chi connectivity index (χ2v) is 4.31. The lowest BCUT2D eigenvalue weighted by Crippen LogP contribution is -2.32. The Kier molecular flexibility index (Phi) is 3.46. The van der Waals surface area contributed by atoms with Crippen molar-refractivity contribution in [1.29, 1.82) is 0 Å². The molecule has 0 atom stereocenters. The Labute approximate surface area is 105 Å². The van der Waals surface area contributed by atoms with E-state index in [2.05, 4.69) is 5.32 Å². The van der Waals surface area contributed by atoms with Crippen LogP contribution in [0.3, 0.4) is 0 Å². The molecule has 4 heteroatoms. The van der Waals surface area contributed by atoms with Gasteiger partial charge in [-0.2, -0.15) is 0 Å². The molecular formula is C14H14FNO2. The van der Waals surface area contributed by atoms with Crippen LogP contribution in [-0.2, 0) is 0 Å². The summed E-state index contributed by atoms with van der Waals surface area (Å²) in [5.74, 6) is 0.108. The number of fused-ring (bicyclic) bond motifs is 1. The van der Waals surface area contributed by atoms with Crippen molar-refractivity contribution >= 4 is 16.9 Å². The second-order valence-electron chi connectivity index (χ2n) is 4.31. The molecule has 0 radical (unpaired) electrons. The van der Waals surface area contributed by atoms with Crippen LogP contribution >= 0.6 is 0 Å². The summed E-state index contributed by atoms with van der Waals surface area (Å²) in [5, 5.41) is 4.04. The van der Waals surface area contributed by atoms with Crippen molar-refractivity contribution in [2.75, 3.05) is 0 Å².